The largest absolute Gasteiger partial charge is 0.272 e. The van der Waals surface area contributed by atoms with Gasteiger partial charge in [-0.2, -0.15) is 10.5 Å². The van der Waals surface area contributed by atoms with E-state index in [4.69, 9.17) is 4.84 Å². The summed E-state index contributed by atoms with van der Waals surface area (Å²) in [5.41, 5.74) is 3.91. The van der Waals surface area contributed by atoms with Crippen molar-refractivity contribution in [1.29, 1.82) is 10.5 Å². The molecule has 2 fully saturated rings. The highest BCUT2D eigenvalue weighted by molar-refractivity contribution is 5.78. The smallest absolute Gasteiger partial charge is 0.249 e. The minimum atomic E-state index is -0.436. The van der Waals surface area contributed by atoms with Gasteiger partial charge in [-0.05, 0) is 80.7 Å². The fraction of sp³-hybridized carbons (Fsp3) is 0.462. The van der Waals surface area contributed by atoms with Crippen molar-refractivity contribution in [1.82, 2.24) is 10.0 Å². The summed E-state index contributed by atoms with van der Waals surface area (Å²) in [5.74, 6) is -0.172. The molecule has 4 rings (SSSR count). The first kappa shape index (κ1) is 22.9. The van der Waals surface area contributed by atoms with E-state index in [0.717, 1.165) is 43.2 Å². The molecule has 6 nitrogen and oxygen atoms in total. The summed E-state index contributed by atoms with van der Waals surface area (Å²) in [5, 5.41) is 20.0. The number of hydrogen-bond acceptors (Lipinski definition) is 5. The third kappa shape index (κ3) is 4.60. The molecule has 0 bridgehead atoms. The summed E-state index contributed by atoms with van der Waals surface area (Å²) < 4.78 is 14.3. The second kappa shape index (κ2) is 9.68. The maximum Gasteiger partial charge on any atom is 0.249 e. The minimum absolute atomic E-state index is 0.0558. The number of hydrogen-bond donors (Lipinski definition) is 0. The molecule has 1 saturated heterocycles. The fourth-order valence-corrected chi connectivity index (χ4v) is 4.99. The van der Waals surface area contributed by atoms with Crippen LogP contribution in [0.1, 0.15) is 71.5 Å². The van der Waals surface area contributed by atoms with Crippen molar-refractivity contribution in [3.05, 3.63) is 63.7 Å². The molecule has 2 heterocycles. The lowest BCUT2D eigenvalue weighted by atomic mass is 9.78. The lowest BCUT2D eigenvalue weighted by Crippen LogP contribution is -2.37. The molecule has 1 aliphatic carbocycles. The Morgan fingerprint density at radius 1 is 1.09 bits per heavy atom. The molecule has 1 aromatic heterocycles. The standard InChI is InChI=1S/C26H27FN4O2/c1-16-22(14-30-15-23(16)13-29)9-18-3-5-19(6-4-18)26(32)31-25(7-8-33-31)20-10-21(12-28)17(2)24(27)11-20/h10-11,14-15,18-19,25H,3-9H2,1-2H3/t18-,19-,25-/m0/s1. The van der Waals surface area contributed by atoms with Crippen LogP contribution in [0, 0.1) is 54.2 Å². The highest BCUT2D eigenvalue weighted by atomic mass is 19.1. The Morgan fingerprint density at radius 3 is 2.52 bits per heavy atom. The van der Waals surface area contributed by atoms with Gasteiger partial charge in [0.2, 0.25) is 5.91 Å². The van der Waals surface area contributed by atoms with E-state index in [1.54, 1.807) is 19.2 Å². The molecule has 1 saturated carbocycles. The number of carbonyl (C=O) groups is 1. The molecular weight excluding hydrogens is 419 g/mol. The Labute approximate surface area is 193 Å². The molecule has 0 unspecified atom stereocenters. The Bertz CT molecular complexity index is 1140. The third-order valence-electron chi connectivity index (χ3n) is 7.14. The van der Waals surface area contributed by atoms with Gasteiger partial charge in [-0.1, -0.05) is 0 Å². The van der Waals surface area contributed by atoms with Crippen molar-refractivity contribution in [3.8, 4) is 12.1 Å². The Balaban J connectivity index is 1.41. The maximum atomic E-state index is 14.3. The van der Waals surface area contributed by atoms with E-state index in [0.29, 0.717) is 35.6 Å². The Kier molecular flexibility index (Phi) is 6.72. The summed E-state index contributed by atoms with van der Waals surface area (Å²) in [7, 11) is 0. The molecule has 2 aromatic rings. The van der Waals surface area contributed by atoms with E-state index in [-0.39, 0.29) is 23.4 Å². The van der Waals surface area contributed by atoms with E-state index in [9.17, 15) is 19.7 Å². The average Bonchev–Trinajstić information content (AvgIpc) is 3.32. The summed E-state index contributed by atoms with van der Waals surface area (Å²) in [6.45, 7) is 3.93. The predicted molar refractivity (Wildman–Crippen MR) is 119 cm³/mol. The molecule has 0 N–H and O–H groups in total. The van der Waals surface area contributed by atoms with Gasteiger partial charge in [-0.15, -0.1) is 0 Å². The van der Waals surface area contributed by atoms with Gasteiger partial charge < -0.3 is 0 Å². The predicted octanol–water partition coefficient (Wildman–Crippen LogP) is 4.84. The number of hydroxylamine groups is 2. The normalized spacial score (nSPS) is 22.6. The second-order valence-corrected chi connectivity index (χ2v) is 9.09. The molecule has 33 heavy (non-hydrogen) atoms. The van der Waals surface area contributed by atoms with Crippen LogP contribution in [0.15, 0.2) is 24.5 Å². The van der Waals surface area contributed by atoms with Gasteiger partial charge in [0.1, 0.15) is 11.9 Å². The first-order valence-electron chi connectivity index (χ1n) is 11.4. The highest BCUT2D eigenvalue weighted by Gasteiger charge is 2.37. The van der Waals surface area contributed by atoms with Gasteiger partial charge in [0, 0.05) is 30.3 Å². The number of halogens is 1. The van der Waals surface area contributed by atoms with Gasteiger partial charge in [0.25, 0.3) is 0 Å². The van der Waals surface area contributed by atoms with Crippen LogP contribution in [0.5, 0.6) is 0 Å². The van der Waals surface area contributed by atoms with Crippen molar-refractivity contribution in [2.75, 3.05) is 6.61 Å². The van der Waals surface area contributed by atoms with E-state index < -0.39 is 5.82 Å². The number of rotatable bonds is 4. The summed E-state index contributed by atoms with van der Waals surface area (Å²) in [6.07, 6.45) is 8.25. The van der Waals surface area contributed by atoms with Gasteiger partial charge in [-0.3, -0.25) is 14.6 Å². The van der Waals surface area contributed by atoms with Crippen LogP contribution in [0.3, 0.4) is 0 Å². The highest BCUT2D eigenvalue weighted by Crippen LogP contribution is 2.38. The Morgan fingerprint density at radius 2 is 1.82 bits per heavy atom. The maximum absolute atomic E-state index is 14.3. The lowest BCUT2D eigenvalue weighted by Gasteiger charge is -2.32. The number of amides is 1. The van der Waals surface area contributed by atoms with Crippen molar-refractivity contribution < 1.29 is 14.0 Å². The zero-order chi connectivity index (χ0) is 23.5. The van der Waals surface area contributed by atoms with Crippen LogP contribution in [-0.2, 0) is 16.1 Å². The SMILES string of the molecule is Cc1c(F)cc([C@@H]2CCON2C(=O)[C@H]2CC[C@H](Cc3cncc(C#N)c3C)CC2)cc1C#N. The summed E-state index contributed by atoms with van der Waals surface area (Å²) in [6, 6.07) is 6.93. The molecule has 1 amide bonds. The van der Waals surface area contributed by atoms with Crippen molar-refractivity contribution in [3.63, 3.8) is 0 Å². The quantitative estimate of drug-likeness (QED) is 0.671. The topological polar surface area (TPSA) is 90.0 Å². The van der Waals surface area contributed by atoms with Crippen LogP contribution in [0.2, 0.25) is 0 Å². The van der Waals surface area contributed by atoms with Crippen LogP contribution in [-0.4, -0.2) is 22.6 Å². The summed E-state index contributed by atoms with van der Waals surface area (Å²) in [4.78, 5) is 23.2. The molecule has 7 heteroatoms. The monoisotopic (exact) mass is 446 g/mol. The molecule has 1 atom stereocenters. The molecule has 1 aliphatic heterocycles. The minimum Gasteiger partial charge on any atom is -0.272 e. The number of carbonyl (C=O) groups excluding carboxylic acids is 1. The van der Waals surface area contributed by atoms with Crippen LogP contribution in [0.4, 0.5) is 4.39 Å². The number of aromatic nitrogens is 1. The van der Waals surface area contributed by atoms with E-state index in [1.807, 2.05) is 19.2 Å². The van der Waals surface area contributed by atoms with Crippen LogP contribution < -0.4 is 0 Å². The lowest BCUT2D eigenvalue weighted by molar-refractivity contribution is -0.183. The number of nitriles is 2. The molecule has 1 aromatic carbocycles. The zero-order valence-electron chi connectivity index (χ0n) is 19.0. The Hall–Kier alpha value is -3.29. The zero-order valence-corrected chi connectivity index (χ0v) is 19.0. The van der Waals surface area contributed by atoms with Crippen molar-refractivity contribution in [2.45, 2.75) is 58.4 Å². The second-order valence-electron chi connectivity index (χ2n) is 9.09. The van der Waals surface area contributed by atoms with E-state index in [1.165, 1.54) is 11.1 Å². The molecular formula is C26H27FN4O2. The summed E-state index contributed by atoms with van der Waals surface area (Å²) >= 11 is 0. The van der Waals surface area contributed by atoms with E-state index in [2.05, 4.69) is 11.1 Å². The van der Waals surface area contributed by atoms with Crippen molar-refractivity contribution >= 4 is 5.91 Å². The molecule has 2 aliphatic rings. The van der Waals surface area contributed by atoms with Gasteiger partial charge in [0.05, 0.1) is 29.8 Å². The first-order valence-corrected chi connectivity index (χ1v) is 11.4. The van der Waals surface area contributed by atoms with Gasteiger partial charge in [-0.25, -0.2) is 9.45 Å². The average molecular weight is 447 g/mol. The fourth-order valence-electron chi connectivity index (χ4n) is 4.99. The number of nitrogens with zero attached hydrogens (tertiary/aromatic N) is 4. The van der Waals surface area contributed by atoms with Gasteiger partial charge >= 0.3 is 0 Å². The van der Waals surface area contributed by atoms with Crippen molar-refractivity contribution in [2.24, 2.45) is 11.8 Å². The molecule has 170 valence electrons. The van der Waals surface area contributed by atoms with Crippen LogP contribution in [0.25, 0.3) is 0 Å². The van der Waals surface area contributed by atoms with Crippen LogP contribution >= 0.6 is 0 Å². The molecule has 0 spiro atoms. The number of benzene rings is 1. The first-order chi connectivity index (χ1) is 15.9. The molecule has 0 radical (unpaired) electrons. The van der Waals surface area contributed by atoms with E-state index >= 15 is 0 Å². The van der Waals surface area contributed by atoms with Gasteiger partial charge in [0.15, 0.2) is 0 Å². The number of pyridine rings is 1. The third-order valence-corrected chi connectivity index (χ3v) is 7.14.